The Bertz CT molecular complexity index is 956. The lowest BCUT2D eigenvalue weighted by Crippen LogP contribution is -2.42. The monoisotopic (exact) mass is 402 g/mol. The number of nitrogens with zero attached hydrogens (tertiary/aromatic N) is 1. The van der Waals surface area contributed by atoms with Crippen molar-refractivity contribution in [3.8, 4) is 5.75 Å². The van der Waals surface area contributed by atoms with Gasteiger partial charge in [-0.3, -0.25) is 4.79 Å². The maximum atomic E-state index is 12.4. The van der Waals surface area contributed by atoms with Gasteiger partial charge in [-0.15, -0.1) is 0 Å². The number of carboxylic acid groups (broad SMARTS) is 1. The van der Waals surface area contributed by atoms with Crippen LogP contribution in [-0.2, 0) is 11.2 Å². The van der Waals surface area contributed by atoms with Gasteiger partial charge in [0, 0.05) is 30.5 Å². The molecule has 1 aliphatic rings. The van der Waals surface area contributed by atoms with Gasteiger partial charge in [-0.2, -0.15) is 0 Å². The zero-order valence-electron chi connectivity index (χ0n) is 15.0. The van der Waals surface area contributed by atoms with Gasteiger partial charge in [0.15, 0.2) is 5.88 Å². The fourth-order valence-electron chi connectivity index (χ4n) is 3.21. The Kier molecular flexibility index (Phi) is 5.46. The number of halogens is 1. The number of carbonyl (C=O) groups excluding carboxylic acids is 1. The molecule has 1 atom stereocenters. The summed E-state index contributed by atoms with van der Waals surface area (Å²) in [6.45, 7) is 0. The van der Waals surface area contributed by atoms with Gasteiger partial charge in [0.2, 0.25) is 0 Å². The maximum absolute atomic E-state index is 12.4. The van der Waals surface area contributed by atoms with Crippen LogP contribution in [0, 0.1) is 0 Å². The number of aliphatic carboxylic acids is 1. The number of benzene rings is 2. The lowest BCUT2D eigenvalue weighted by molar-refractivity contribution is -0.139. The van der Waals surface area contributed by atoms with Gasteiger partial charge < -0.3 is 25.5 Å². The molecule has 2 aromatic carbocycles. The summed E-state index contributed by atoms with van der Waals surface area (Å²) in [7, 11) is 1.58. The van der Waals surface area contributed by atoms with Gasteiger partial charge in [0.1, 0.15) is 11.8 Å². The molecule has 1 amide bonds. The van der Waals surface area contributed by atoms with Gasteiger partial charge >= 0.3 is 5.97 Å². The summed E-state index contributed by atoms with van der Waals surface area (Å²) in [6.07, 6.45) is 0.181. The van der Waals surface area contributed by atoms with E-state index in [0.29, 0.717) is 16.3 Å². The van der Waals surface area contributed by atoms with E-state index in [1.165, 1.54) is 23.1 Å². The van der Waals surface area contributed by atoms with Crippen molar-refractivity contribution >= 4 is 29.2 Å². The maximum Gasteiger partial charge on any atom is 0.326 e. The number of fused-ring (bicyclic) bond motifs is 1. The van der Waals surface area contributed by atoms with Crippen LogP contribution >= 0.6 is 11.6 Å². The second kappa shape index (κ2) is 7.82. The highest BCUT2D eigenvalue weighted by atomic mass is 35.5. The Morgan fingerprint density at radius 2 is 1.86 bits per heavy atom. The topological polar surface area (TPSA) is 110 Å². The van der Waals surface area contributed by atoms with Crippen LogP contribution in [0.1, 0.15) is 22.3 Å². The molecule has 0 saturated heterocycles. The van der Waals surface area contributed by atoms with Crippen molar-refractivity contribution in [2.75, 3.05) is 11.9 Å². The summed E-state index contributed by atoms with van der Waals surface area (Å²) in [6, 6.07) is 9.84. The normalized spacial score (nSPS) is 14.4. The number of aliphatic hydroxyl groups excluding tert-OH is 1. The average Bonchev–Trinajstić information content (AvgIpc) is 2.65. The highest BCUT2D eigenvalue weighted by Crippen LogP contribution is 2.38. The number of aromatic hydroxyl groups is 1. The van der Waals surface area contributed by atoms with Crippen molar-refractivity contribution < 1.29 is 24.9 Å². The lowest BCUT2D eigenvalue weighted by atomic mass is 9.93. The first-order valence-corrected chi connectivity index (χ1v) is 8.90. The molecular formula is C20H19ClN2O5. The number of phenolic OH excluding ortho intramolecular Hbond substituents is 1. The van der Waals surface area contributed by atoms with Crippen LogP contribution in [0.2, 0.25) is 5.02 Å². The van der Waals surface area contributed by atoms with E-state index in [-0.39, 0.29) is 30.0 Å². The Balaban J connectivity index is 1.81. The van der Waals surface area contributed by atoms with Crippen molar-refractivity contribution in [3.05, 3.63) is 70.1 Å². The Morgan fingerprint density at radius 1 is 1.18 bits per heavy atom. The molecule has 1 heterocycles. The van der Waals surface area contributed by atoms with Crippen molar-refractivity contribution in [2.45, 2.75) is 18.9 Å². The minimum atomic E-state index is -1.23. The molecule has 146 valence electrons. The quantitative estimate of drug-likeness (QED) is 0.611. The zero-order valence-corrected chi connectivity index (χ0v) is 15.8. The molecule has 28 heavy (non-hydrogen) atoms. The number of amides is 1. The van der Waals surface area contributed by atoms with Crippen LogP contribution in [0.15, 0.2) is 53.9 Å². The number of aliphatic hydroxyl groups is 1. The molecule has 0 bridgehead atoms. The summed E-state index contributed by atoms with van der Waals surface area (Å²) in [5, 5.41) is 33.0. The molecule has 2 aromatic rings. The van der Waals surface area contributed by atoms with Gasteiger partial charge in [0.25, 0.3) is 5.91 Å². The molecule has 0 saturated carbocycles. The first-order valence-electron chi connectivity index (χ1n) is 8.52. The zero-order chi connectivity index (χ0) is 20.4. The number of carbonyl (C=O) groups is 2. The van der Waals surface area contributed by atoms with Gasteiger partial charge in [-0.1, -0.05) is 23.7 Å². The Labute approximate surface area is 166 Å². The lowest BCUT2D eigenvalue weighted by Gasteiger charge is -2.30. The van der Waals surface area contributed by atoms with Gasteiger partial charge in [-0.05, 0) is 41.5 Å². The summed E-state index contributed by atoms with van der Waals surface area (Å²) in [5.41, 5.74) is 1.96. The molecular weight excluding hydrogens is 384 g/mol. The molecule has 1 unspecified atom stereocenters. The fourth-order valence-corrected chi connectivity index (χ4v) is 3.34. The van der Waals surface area contributed by atoms with Crippen LogP contribution in [0.5, 0.6) is 5.75 Å². The number of anilines is 1. The summed E-state index contributed by atoms with van der Waals surface area (Å²) in [4.78, 5) is 25.5. The van der Waals surface area contributed by atoms with E-state index in [0.717, 1.165) is 5.56 Å². The number of phenols is 1. The molecule has 0 aromatic heterocycles. The second-order valence-electron chi connectivity index (χ2n) is 6.52. The molecule has 3 rings (SSSR count). The van der Waals surface area contributed by atoms with Crippen LogP contribution in [0.4, 0.5) is 5.69 Å². The van der Waals surface area contributed by atoms with E-state index >= 15 is 0 Å². The molecule has 0 radical (unpaired) electrons. The number of para-hydroxylation sites is 1. The summed E-state index contributed by atoms with van der Waals surface area (Å²) in [5.74, 6) is -1.88. The second-order valence-corrected chi connectivity index (χ2v) is 6.96. The molecule has 0 aliphatic carbocycles. The fraction of sp³-hybridized carbons (Fsp3) is 0.200. The summed E-state index contributed by atoms with van der Waals surface area (Å²) < 4.78 is 0. The number of hydrogen-bond acceptors (Lipinski definition) is 5. The molecule has 0 fully saturated rings. The third-order valence-corrected chi connectivity index (χ3v) is 4.88. The van der Waals surface area contributed by atoms with Crippen LogP contribution in [0.3, 0.4) is 0 Å². The standard InChI is InChI=1S/C20H19ClN2O5/c1-23-17-12(3-2-4-16(17)24)9-13(19(23)26)10-15(20(27)28)22-18(25)11-5-7-14(21)8-6-11/h2-8,15,24,26H,9-10H2,1H3,(H,22,25)(H,27,28). The van der Waals surface area contributed by atoms with E-state index in [1.54, 1.807) is 31.3 Å². The predicted molar refractivity (Wildman–Crippen MR) is 105 cm³/mol. The first kappa shape index (κ1) is 19.6. The number of hydrogen-bond donors (Lipinski definition) is 4. The molecule has 7 nitrogen and oxygen atoms in total. The number of carboxylic acids is 1. The van der Waals surface area contributed by atoms with Crippen LogP contribution in [0.25, 0.3) is 0 Å². The van der Waals surface area contributed by atoms with E-state index in [2.05, 4.69) is 5.32 Å². The first-order chi connectivity index (χ1) is 13.3. The molecule has 4 N–H and O–H groups in total. The minimum absolute atomic E-state index is 0.0245. The van der Waals surface area contributed by atoms with E-state index in [9.17, 15) is 24.9 Å². The van der Waals surface area contributed by atoms with Crippen molar-refractivity contribution in [3.63, 3.8) is 0 Å². The van der Waals surface area contributed by atoms with Crippen LogP contribution < -0.4 is 10.2 Å². The third kappa shape index (κ3) is 3.89. The Morgan fingerprint density at radius 3 is 2.50 bits per heavy atom. The number of nitrogens with one attached hydrogen (secondary N) is 1. The minimum Gasteiger partial charge on any atom is -0.506 e. The SMILES string of the molecule is CN1C(O)=C(CC(NC(=O)c2ccc(Cl)cc2)C(=O)O)Cc2cccc(O)c21. The van der Waals surface area contributed by atoms with Crippen molar-refractivity contribution in [1.29, 1.82) is 0 Å². The Hall–Kier alpha value is -3.19. The highest BCUT2D eigenvalue weighted by Gasteiger charge is 2.29. The molecule has 0 spiro atoms. The smallest absolute Gasteiger partial charge is 0.326 e. The van der Waals surface area contributed by atoms with Crippen molar-refractivity contribution in [1.82, 2.24) is 5.32 Å². The average molecular weight is 403 g/mol. The largest absolute Gasteiger partial charge is 0.506 e. The number of rotatable bonds is 5. The highest BCUT2D eigenvalue weighted by molar-refractivity contribution is 6.30. The molecule has 1 aliphatic heterocycles. The predicted octanol–water partition coefficient (Wildman–Crippen LogP) is 3.08. The van der Waals surface area contributed by atoms with Crippen LogP contribution in [-0.4, -0.2) is 40.3 Å². The van der Waals surface area contributed by atoms with Crippen molar-refractivity contribution in [2.24, 2.45) is 0 Å². The third-order valence-electron chi connectivity index (χ3n) is 4.63. The summed E-state index contributed by atoms with van der Waals surface area (Å²) >= 11 is 5.80. The van der Waals surface area contributed by atoms with E-state index < -0.39 is 17.9 Å². The van der Waals surface area contributed by atoms with E-state index in [1.807, 2.05) is 0 Å². The van der Waals surface area contributed by atoms with Gasteiger partial charge in [-0.25, -0.2) is 4.79 Å². The van der Waals surface area contributed by atoms with E-state index in [4.69, 9.17) is 11.6 Å². The van der Waals surface area contributed by atoms with Gasteiger partial charge in [0.05, 0.1) is 5.69 Å². The molecule has 8 heteroatoms.